The highest BCUT2D eigenvalue weighted by atomic mass is 28.5. The smallest absolute Gasteiger partial charge is 0.324 e. The van der Waals surface area contributed by atoms with Gasteiger partial charge in [-0.1, -0.05) is 126 Å². The molecule has 0 saturated carbocycles. The number of allylic oxidation sites excluding steroid dienone is 2. The Morgan fingerprint density at radius 2 is 0.951 bits per heavy atom. The summed E-state index contributed by atoms with van der Waals surface area (Å²) < 4.78 is 43.8. The van der Waals surface area contributed by atoms with Gasteiger partial charge in [0.05, 0.1) is 16.1 Å². The molecule has 0 amide bonds. The van der Waals surface area contributed by atoms with Crippen molar-refractivity contribution in [3.63, 3.8) is 0 Å². The molecule has 0 heterocycles. The summed E-state index contributed by atoms with van der Waals surface area (Å²) in [7, 11) is -12.3. The van der Waals surface area contributed by atoms with Gasteiger partial charge in [0.1, 0.15) is 0 Å². The minimum Gasteiger partial charge on any atom is -0.441 e. The minimum atomic E-state index is -2.16. The minimum absolute atomic E-state index is 0. The van der Waals surface area contributed by atoms with Crippen molar-refractivity contribution in [1.82, 2.24) is 0 Å². The Kier molecular flexibility index (Phi) is 44.1. The highest BCUT2D eigenvalue weighted by molar-refractivity contribution is 6.95. The molecular weight excluding hydrogens is 921 g/mol. The van der Waals surface area contributed by atoms with E-state index in [1.54, 1.807) is 7.11 Å². The van der Waals surface area contributed by atoms with Crippen molar-refractivity contribution in [2.45, 2.75) is 221 Å². The Balaban J connectivity index is -0.000000209. The maximum atomic E-state index is 7.04. The molecule has 61 heavy (non-hydrogen) atoms. The normalized spacial score (nSPS) is 15.3. The third-order valence-corrected chi connectivity index (χ3v) is 41.9. The molecule has 374 valence electrons. The van der Waals surface area contributed by atoms with Crippen LogP contribution < -0.4 is 0 Å². The van der Waals surface area contributed by atoms with E-state index in [0.29, 0.717) is 0 Å². The van der Waals surface area contributed by atoms with E-state index in [-0.39, 0.29) is 14.9 Å². The van der Waals surface area contributed by atoms with Crippen molar-refractivity contribution in [1.29, 1.82) is 0 Å². The Morgan fingerprint density at radius 1 is 0.541 bits per heavy atom. The second kappa shape index (κ2) is 36.4. The molecule has 0 bridgehead atoms. The predicted molar refractivity (Wildman–Crippen MR) is 309 cm³/mol. The maximum absolute atomic E-state index is 7.04. The zero-order valence-electron chi connectivity index (χ0n) is 44.5. The molecule has 0 N–H and O–H groups in total. The highest BCUT2D eigenvalue weighted by Gasteiger charge is 2.43. The zero-order chi connectivity index (χ0) is 47.4. The largest absolute Gasteiger partial charge is 0.441 e. The van der Waals surface area contributed by atoms with Gasteiger partial charge in [-0.3, -0.25) is 0 Å². The van der Waals surface area contributed by atoms with Gasteiger partial charge < -0.3 is 30.7 Å². The summed E-state index contributed by atoms with van der Waals surface area (Å²) >= 11 is 0. The van der Waals surface area contributed by atoms with Crippen molar-refractivity contribution in [2.75, 3.05) is 39.4 Å². The van der Waals surface area contributed by atoms with Crippen LogP contribution in [0.5, 0.6) is 0 Å². The first-order valence-corrected chi connectivity index (χ1v) is 54.0. The summed E-state index contributed by atoms with van der Waals surface area (Å²) in [6.07, 6.45) is 8.96. The summed E-state index contributed by atoms with van der Waals surface area (Å²) in [6.45, 7) is 63.2. The van der Waals surface area contributed by atoms with E-state index in [1.807, 2.05) is 12.2 Å². The molecule has 0 aromatic carbocycles. The first-order valence-electron chi connectivity index (χ1n) is 23.1. The van der Waals surface area contributed by atoms with Gasteiger partial charge in [0.2, 0.25) is 0 Å². The average molecular weight is 1040 g/mol. The first-order chi connectivity index (χ1) is 26.5. The van der Waals surface area contributed by atoms with Crippen molar-refractivity contribution >= 4 is 84.1 Å². The molecule has 0 spiro atoms. The summed E-state index contributed by atoms with van der Waals surface area (Å²) in [5, 5.41) is 0. The van der Waals surface area contributed by atoms with E-state index in [2.05, 4.69) is 165 Å². The van der Waals surface area contributed by atoms with Crippen molar-refractivity contribution in [2.24, 2.45) is 0 Å². The highest BCUT2D eigenvalue weighted by Crippen LogP contribution is 2.31. The molecule has 0 radical (unpaired) electrons. The van der Waals surface area contributed by atoms with Crippen LogP contribution in [0.4, 0.5) is 0 Å². The Bertz CT molecular complexity index is 1040. The van der Waals surface area contributed by atoms with Gasteiger partial charge >= 0.3 is 17.8 Å². The standard InChI is InChI=1S/C20H52O4Si5.C14H40O3Si5.2C4H8.2CH4/c1-13-29(12,22-16-18-27(9,10)23-19-25(3,4)5)24-28(11,17-14-15-21-2)20-26(6,7)8;1-18(14-21(6,7)8)17-19(2)15-11-12-22(9,10)16-13-20(3,4)5;2*1-3-4-2;;/h13-20H2,1-12H3;18-19H,11-14H2,1-10H3;2*3H,1,4H2,2H3;2*1H4/t28?,29-;18?,19-;;;;/m10..../s1. The fourth-order valence-electron chi connectivity index (χ4n) is 5.84. The lowest BCUT2D eigenvalue weighted by molar-refractivity contribution is 0.197. The first kappa shape index (κ1) is 73.9. The number of ether oxygens (including phenoxy) is 1. The molecule has 0 aliphatic rings. The summed E-state index contributed by atoms with van der Waals surface area (Å²) in [5.41, 5.74) is 2.66. The Labute approximate surface area is 398 Å². The van der Waals surface area contributed by atoms with E-state index in [9.17, 15) is 0 Å². The fraction of sp³-hybridized carbons (Fsp3) is 0.909. The SMILES string of the molecule is C.C.C=CCC.C=CCC.CC[Si@](C)(OCC[Si](C)(C)OC[Si](C)(C)C)O[Si](C)(CCCOC)C[Si](C)(C)C.C[SiH](C[Si](C)(C)C)O[Si@@H](C)OCC[Si](C)(C)OC[Si](C)(C)C. The van der Waals surface area contributed by atoms with Gasteiger partial charge in [-0.15, -0.1) is 13.2 Å². The quantitative estimate of drug-likeness (QED) is 0.0420. The average Bonchev–Trinajstić information content (AvgIpc) is 3.04. The van der Waals surface area contributed by atoms with Crippen LogP contribution in [0.1, 0.15) is 54.9 Å². The van der Waals surface area contributed by atoms with Crippen LogP contribution in [-0.2, 0) is 30.7 Å². The number of rotatable bonds is 29. The molecule has 17 heteroatoms. The van der Waals surface area contributed by atoms with Crippen LogP contribution in [0.25, 0.3) is 0 Å². The monoisotopic (exact) mass is 1040 g/mol. The lowest BCUT2D eigenvalue weighted by Gasteiger charge is -2.40. The Hall–Kier alpha value is 1.37. The molecular formula is C44H116O7Si10. The van der Waals surface area contributed by atoms with E-state index < -0.39 is 84.1 Å². The van der Waals surface area contributed by atoms with Gasteiger partial charge in [-0.25, -0.2) is 0 Å². The molecule has 0 aromatic rings. The van der Waals surface area contributed by atoms with Gasteiger partial charge in [0.15, 0.2) is 34.0 Å². The second-order valence-electron chi connectivity index (χ2n) is 23.0. The molecule has 7 nitrogen and oxygen atoms in total. The fourth-order valence-corrected chi connectivity index (χ4v) is 43.5. The van der Waals surface area contributed by atoms with Crippen LogP contribution >= 0.6 is 0 Å². The molecule has 4 atom stereocenters. The Morgan fingerprint density at radius 3 is 1.28 bits per heavy atom. The predicted octanol–water partition coefficient (Wildman–Crippen LogP) is 15.3. The maximum Gasteiger partial charge on any atom is 0.324 e. The van der Waals surface area contributed by atoms with Crippen molar-refractivity contribution < 1.29 is 30.7 Å². The van der Waals surface area contributed by atoms with Gasteiger partial charge in [0, 0.05) is 55.5 Å². The topological polar surface area (TPSA) is 64.6 Å². The summed E-state index contributed by atoms with van der Waals surface area (Å²) in [4.78, 5) is 0. The van der Waals surface area contributed by atoms with E-state index in [1.165, 1.54) is 17.4 Å². The van der Waals surface area contributed by atoms with E-state index in [0.717, 1.165) is 69.7 Å². The second-order valence-corrected chi connectivity index (χ2v) is 67.4. The third kappa shape index (κ3) is 55.6. The van der Waals surface area contributed by atoms with Crippen molar-refractivity contribution in [3.8, 4) is 0 Å². The van der Waals surface area contributed by atoms with Crippen LogP contribution in [0, 0.1) is 0 Å². The van der Waals surface area contributed by atoms with E-state index >= 15 is 0 Å². The molecule has 0 aromatic heterocycles. The van der Waals surface area contributed by atoms with Crippen LogP contribution in [0.2, 0.25) is 166 Å². The van der Waals surface area contributed by atoms with Crippen molar-refractivity contribution in [3.05, 3.63) is 25.3 Å². The zero-order valence-corrected chi connectivity index (χ0v) is 54.8. The molecule has 0 rings (SSSR count). The summed E-state index contributed by atoms with van der Waals surface area (Å²) in [6, 6.07) is 4.33. The summed E-state index contributed by atoms with van der Waals surface area (Å²) in [5.74, 6) is 0. The number of methoxy groups -OCH3 is 1. The number of hydrogen-bond donors (Lipinski definition) is 0. The van der Waals surface area contributed by atoms with Gasteiger partial charge in [0.25, 0.3) is 0 Å². The van der Waals surface area contributed by atoms with Crippen LogP contribution in [0.3, 0.4) is 0 Å². The number of hydrogen-bond acceptors (Lipinski definition) is 7. The third-order valence-electron chi connectivity index (χ3n) is 8.92. The van der Waals surface area contributed by atoms with Crippen LogP contribution in [0.15, 0.2) is 25.3 Å². The molecule has 0 aliphatic carbocycles. The van der Waals surface area contributed by atoms with Gasteiger partial charge in [-0.2, -0.15) is 0 Å². The lowest BCUT2D eigenvalue weighted by Crippen LogP contribution is -2.53. The molecule has 0 saturated heterocycles. The lowest BCUT2D eigenvalue weighted by atomic mass is 10.5. The molecule has 0 aliphatic heterocycles. The van der Waals surface area contributed by atoms with Crippen LogP contribution in [-0.4, -0.2) is 124 Å². The molecule has 2 unspecified atom stereocenters. The molecule has 0 fully saturated rings. The van der Waals surface area contributed by atoms with E-state index in [4.69, 9.17) is 30.7 Å². The van der Waals surface area contributed by atoms with Gasteiger partial charge in [-0.05, 0) is 107 Å².